The summed E-state index contributed by atoms with van der Waals surface area (Å²) in [7, 11) is 0. The molecule has 1 atom stereocenters. The predicted octanol–water partition coefficient (Wildman–Crippen LogP) is 2.78. The summed E-state index contributed by atoms with van der Waals surface area (Å²) in [5, 5.41) is 2.59. The van der Waals surface area contributed by atoms with Crippen LogP contribution in [0.1, 0.15) is 19.8 Å². The van der Waals surface area contributed by atoms with Crippen LogP contribution in [0.25, 0.3) is 0 Å². The van der Waals surface area contributed by atoms with E-state index < -0.39 is 23.8 Å². The lowest BCUT2D eigenvalue weighted by Gasteiger charge is -2.22. The molecule has 1 amide bonds. The molecule has 5 nitrogen and oxygen atoms in total. The van der Waals surface area contributed by atoms with Gasteiger partial charge >= 0.3 is 5.97 Å². The number of nitrogens with one attached hydrogen (secondary N) is 1. The van der Waals surface area contributed by atoms with Crippen molar-refractivity contribution >= 4 is 29.2 Å². The molecule has 1 aromatic rings. The van der Waals surface area contributed by atoms with E-state index in [0.717, 1.165) is 6.07 Å². The molecular weight excluding hydrogens is 313 g/mol. The van der Waals surface area contributed by atoms with Gasteiger partial charge in [-0.15, -0.1) is 0 Å². The van der Waals surface area contributed by atoms with Crippen molar-refractivity contribution in [3.05, 3.63) is 29.0 Å². The zero-order valence-corrected chi connectivity index (χ0v) is 12.9. The zero-order valence-electron chi connectivity index (χ0n) is 12.1. The van der Waals surface area contributed by atoms with Crippen LogP contribution < -0.4 is 5.32 Å². The van der Waals surface area contributed by atoms with Gasteiger partial charge in [0, 0.05) is 13.2 Å². The van der Waals surface area contributed by atoms with Gasteiger partial charge in [-0.3, -0.25) is 9.59 Å². The van der Waals surface area contributed by atoms with E-state index in [1.54, 1.807) is 0 Å². The van der Waals surface area contributed by atoms with E-state index in [1.807, 2.05) is 0 Å². The van der Waals surface area contributed by atoms with Crippen molar-refractivity contribution in [1.29, 1.82) is 0 Å². The van der Waals surface area contributed by atoms with Gasteiger partial charge in [-0.1, -0.05) is 11.6 Å². The van der Waals surface area contributed by atoms with E-state index in [2.05, 4.69) is 5.32 Å². The number of carbonyl (C=O) groups is 2. The molecule has 0 spiro atoms. The van der Waals surface area contributed by atoms with Gasteiger partial charge in [0.1, 0.15) is 5.82 Å². The first-order valence-electron chi connectivity index (χ1n) is 7.01. The Morgan fingerprint density at radius 1 is 1.41 bits per heavy atom. The van der Waals surface area contributed by atoms with Crippen molar-refractivity contribution in [3.8, 4) is 0 Å². The number of ether oxygens (including phenoxy) is 2. The molecule has 0 saturated carbocycles. The maximum absolute atomic E-state index is 12.9. The molecule has 2 rings (SSSR count). The molecule has 1 N–H and O–H groups in total. The molecule has 120 valence electrons. The third-order valence-corrected chi connectivity index (χ3v) is 3.72. The predicted molar refractivity (Wildman–Crippen MR) is 79.1 cm³/mol. The molecule has 1 fully saturated rings. The molecule has 1 heterocycles. The fraction of sp³-hybridized carbons (Fsp3) is 0.467. The molecule has 0 aromatic heterocycles. The second-order valence-electron chi connectivity index (χ2n) is 5.08. The van der Waals surface area contributed by atoms with Gasteiger partial charge in [0.15, 0.2) is 6.10 Å². The summed E-state index contributed by atoms with van der Waals surface area (Å²) in [6.45, 7) is 2.51. The first-order chi connectivity index (χ1) is 10.5. The number of anilines is 1. The SMILES string of the molecule is C[C@@H](OC(=O)C1CCOCC1)C(=O)Nc1ccc(F)cc1Cl. The molecule has 1 saturated heterocycles. The van der Waals surface area contributed by atoms with Gasteiger partial charge in [-0.2, -0.15) is 0 Å². The molecule has 0 bridgehead atoms. The lowest BCUT2D eigenvalue weighted by Crippen LogP contribution is -2.34. The second-order valence-corrected chi connectivity index (χ2v) is 5.49. The third kappa shape index (κ3) is 4.42. The summed E-state index contributed by atoms with van der Waals surface area (Å²) >= 11 is 5.83. The Balaban J connectivity index is 1.89. The minimum Gasteiger partial charge on any atom is -0.452 e. The summed E-state index contributed by atoms with van der Waals surface area (Å²) in [4.78, 5) is 23.9. The van der Waals surface area contributed by atoms with Gasteiger partial charge in [0.05, 0.1) is 16.6 Å². The van der Waals surface area contributed by atoms with E-state index in [-0.39, 0.29) is 16.6 Å². The number of amides is 1. The Hall–Kier alpha value is -1.66. The van der Waals surface area contributed by atoms with Crippen LogP contribution >= 0.6 is 11.6 Å². The highest BCUT2D eigenvalue weighted by molar-refractivity contribution is 6.33. The van der Waals surface area contributed by atoms with Crippen molar-refractivity contribution in [2.45, 2.75) is 25.9 Å². The molecule has 0 aliphatic carbocycles. The molecule has 0 radical (unpaired) electrons. The highest BCUT2D eigenvalue weighted by Crippen LogP contribution is 2.23. The van der Waals surface area contributed by atoms with Crippen molar-refractivity contribution in [2.75, 3.05) is 18.5 Å². The summed E-state index contributed by atoms with van der Waals surface area (Å²) in [5.74, 6) is -1.66. The normalized spacial score (nSPS) is 16.9. The standard InChI is InChI=1S/C15H17ClFNO4/c1-9(22-15(20)10-4-6-21-7-5-10)14(19)18-13-3-2-11(17)8-12(13)16/h2-3,8-10H,4-7H2,1H3,(H,18,19)/t9-/m1/s1. The van der Waals surface area contributed by atoms with Crippen LogP contribution in [0.5, 0.6) is 0 Å². The van der Waals surface area contributed by atoms with E-state index in [1.165, 1.54) is 19.1 Å². The zero-order chi connectivity index (χ0) is 16.1. The lowest BCUT2D eigenvalue weighted by molar-refractivity contribution is -0.160. The van der Waals surface area contributed by atoms with Crippen LogP contribution in [-0.2, 0) is 19.1 Å². The average Bonchev–Trinajstić information content (AvgIpc) is 2.50. The minimum atomic E-state index is -0.962. The number of rotatable bonds is 4. The fourth-order valence-electron chi connectivity index (χ4n) is 2.08. The largest absolute Gasteiger partial charge is 0.452 e. The number of benzene rings is 1. The maximum atomic E-state index is 12.9. The molecule has 7 heteroatoms. The molecule has 0 unspecified atom stereocenters. The minimum absolute atomic E-state index is 0.0799. The highest BCUT2D eigenvalue weighted by Gasteiger charge is 2.26. The Morgan fingerprint density at radius 2 is 2.09 bits per heavy atom. The van der Waals surface area contributed by atoms with Crippen LogP contribution in [0.15, 0.2) is 18.2 Å². The van der Waals surface area contributed by atoms with E-state index >= 15 is 0 Å². The van der Waals surface area contributed by atoms with Crippen molar-refractivity contribution in [3.63, 3.8) is 0 Å². The number of esters is 1. The monoisotopic (exact) mass is 329 g/mol. The van der Waals surface area contributed by atoms with Crippen molar-refractivity contribution in [2.24, 2.45) is 5.92 Å². The number of halogens is 2. The van der Waals surface area contributed by atoms with E-state index in [9.17, 15) is 14.0 Å². The maximum Gasteiger partial charge on any atom is 0.309 e. The van der Waals surface area contributed by atoms with Crippen LogP contribution in [0.4, 0.5) is 10.1 Å². The quantitative estimate of drug-likeness (QED) is 0.863. The van der Waals surface area contributed by atoms with Crippen LogP contribution in [0.2, 0.25) is 5.02 Å². The Bertz CT molecular complexity index is 560. The van der Waals surface area contributed by atoms with Crippen molar-refractivity contribution in [1.82, 2.24) is 0 Å². The number of carbonyl (C=O) groups excluding carboxylic acids is 2. The molecule has 1 aromatic carbocycles. The Kier molecular flexibility index (Phi) is 5.74. The fourth-order valence-corrected chi connectivity index (χ4v) is 2.30. The van der Waals surface area contributed by atoms with Crippen molar-refractivity contribution < 1.29 is 23.5 Å². The molecule has 22 heavy (non-hydrogen) atoms. The Morgan fingerprint density at radius 3 is 2.73 bits per heavy atom. The average molecular weight is 330 g/mol. The van der Waals surface area contributed by atoms with E-state index in [0.29, 0.717) is 26.1 Å². The molecular formula is C15H17ClFNO4. The molecule has 1 aliphatic rings. The Labute approximate surface area is 132 Å². The summed E-state index contributed by atoms with van der Waals surface area (Å²) in [5.41, 5.74) is 0.266. The summed E-state index contributed by atoms with van der Waals surface area (Å²) < 4.78 is 23.3. The van der Waals surface area contributed by atoms with Crippen LogP contribution in [0.3, 0.4) is 0 Å². The lowest BCUT2D eigenvalue weighted by atomic mass is 10.0. The van der Waals surface area contributed by atoms with E-state index in [4.69, 9.17) is 21.1 Å². The van der Waals surface area contributed by atoms with Crippen LogP contribution in [-0.4, -0.2) is 31.2 Å². The van der Waals surface area contributed by atoms with Gasteiger partial charge in [0.2, 0.25) is 0 Å². The summed E-state index contributed by atoms with van der Waals surface area (Å²) in [6.07, 6.45) is 0.227. The molecule has 1 aliphatic heterocycles. The van der Waals surface area contributed by atoms with Gasteiger partial charge in [-0.25, -0.2) is 4.39 Å². The van der Waals surface area contributed by atoms with Gasteiger partial charge in [0.25, 0.3) is 5.91 Å². The highest BCUT2D eigenvalue weighted by atomic mass is 35.5. The number of hydrogen-bond acceptors (Lipinski definition) is 4. The van der Waals surface area contributed by atoms with Gasteiger partial charge in [-0.05, 0) is 38.0 Å². The second kappa shape index (κ2) is 7.56. The third-order valence-electron chi connectivity index (χ3n) is 3.41. The van der Waals surface area contributed by atoms with Crippen LogP contribution in [0, 0.1) is 11.7 Å². The smallest absolute Gasteiger partial charge is 0.309 e. The first-order valence-corrected chi connectivity index (χ1v) is 7.39. The topological polar surface area (TPSA) is 64.6 Å². The number of hydrogen-bond donors (Lipinski definition) is 1. The first kappa shape index (κ1) is 16.7. The van der Waals surface area contributed by atoms with Gasteiger partial charge < -0.3 is 14.8 Å². The summed E-state index contributed by atoms with van der Waals surface area (Å²) in [6, 6.07) is 3.62.